The summed E-state index contributed by atoms with van der Waals surface area (Å²) in [5, 5.41) is 0.333. The SMILES string of the molecule is CCOC(=O)C(F)(F)C(=O)Cc1cccc(Cl)c1. The Morgan fingerprint density at radius 1 is 1.39 bits per heavy atom. The number of alkyl halides is 2. The third-order valence-corrected chi connectivity index (χ3v) is 2.37. The Morgan fingerprint density at radius 2 is 2.06 bits per heavy atom. The molecular weight excluding hydrogens is 266 g/mol. The molecule has 3 nitrogen and oxygen atoms in total. The molecular formula is C12H11ClF2O3. The molecule has 0 N–H and O–H groups in total. The topological polar surface area (TPSA) is 43.4 Å². The fraction of sp³-hybridized carbons (Fsp3) is 0.333. The number of halogens is 3. The van der Waals surface area contributed by atoms with Crippen molar-refractivity contribution in [3.8, 4) is 0 Å². The molecule has 0 radical (unpaired) electrons. The molecule has 6 heteroatoms. The van der Waals surface area contributed by atoms with E-state index in [0.29, 0.717) is 10.6 Å². The van der Waals surface area contributed by atoms with E-state index in [4.69, 9.17) is 11.6 Å². The van der Waals surface area contributed by atoms with E-state index in [1.165, 1.54) is 25.1 Å². The number of hydrogen-bond acceptors (Lipinski definition) is 3. The molecule has 18 heavy (non-hydrogen) atoms. The first-order chi connectivity index (χ1) is 8.37. The Labute approximate surface area is 108 Å². The average Bonchev–Trinajstić information content (AvgIpc) is 2.29. The van der Waals surface area contributed by atoms with Crippen molar-refractivity contribution in [3.05, 3.63) is 34.9 Å². The number of carbonyl (C=O) groups is 2. The predicted molar refractivity (Wildman–Crippen MR) is 61.7 cm³/mol. The van der Waals surface area contributed by atoms with Gasteiger partial charge in [0.1, 0.15) is 0 Å². The van der Waals surface area contributed by atoms with Crippen LogP contribution in [-0.2, 0) is 20.7 Å². The zero-order chi connectivity index (χ0) is 13.8. The summed E-state index contributed by atoms with van der Waals surface area (Å²) in [5.41, 5.74) is 0.316. The molecule has 0 aliphatic heterocycles. The number of ether oxygens (including phenoxy) is 1. The molecule has 0 amide bonds. The quantitative estimate of drug-likeness (QED) is 0.613. The van der Waals surface area contributed by atoms with Crippen molar-refractivity contribution >= 4 is 23.4 Å². The van der Waals surface area contributed by atoms with Crippen LogP contribution in [0.3, 0.4) is 0 Å². The van der Waals surface area contributed by atoms with Crippen molar-refractivity contribution in [1.82, 2.24) is 0 Å². The van der Waals surface area contributed by atoms with Crippen LogP contribution >= 0.6 is 11.6 Å². The van der Waals surface area contributed by atoms with Crippen LogP contribution in [0.5, 0.6) is 0 Å². The normalized spacial score (nSPS) is 11.1. The van der Waals surface area contributed by atoms with E-state index in [1.807, 2.05) is 0 Å². The van der Waals surface area contributed by atoms with E-state index in [2.05, 4.69) is 4.74 Å². The number of rotatable bonds is 5. The predicted octanol–water partition coefficient (Wildman–Crippen LogP) is 2.65. The Hall–Kier alpha value is -1.49. The van der Waals surface area contributed by atoms with E-state index in [9.17, 15) is 18.4 Å². The molecule has 0 bridgehead atoms. The van der Waals surface area contributed by atoms with E-state index in [1.54, 1.807) is 6.07 Å². The molecule has 0 unspecified atom stereocenters. The minimum atomic E-state index is -4.13. The Balaban J connectivity index is 2.79. The highest BCUT2D eigenvalue weighted by atomic mass is 35.5. The second-order valence-corrected chi connectivity index (χ2v) is 3.96. The zero-order valence-electron chi connectivity index (χ0n) is 9.58. The molecule has 0 spiro atoms. The van der Waals surface area contributed by atoms with E-state index >= 15 is 0 Å². The van der Waals surface area contributed by atoms with Crippen LogP contribution in [0, 0.1) is 0 Å². The van der Waals surface area contributed by atoms with Crippen LogP contribution in [0.15, 0.2) is 24.3 Å². The van der Waals surface area contributed by atoms with Crippen LogP contribution in [-0.4, -0.2) is 24.3 Å². The van der Waals surface area contributed by atoms with Gasteiger partial charge in [-0.25, -0.2) is 4.79 Å². The third-order valence-electron chi connectivity index (χ3n) is 2.14. The van der Waals surface area contributed by atoms with Gasteiger partial charge < -0.3 is 4.74 Å². The molecule has 1 aromatic rings. The van der Waals surface area contributed by atoms with Gasteiger partial charge in [0.2, 0.25) is 5.78 Å². The Kier molecular flexibility index (Phi) is 4.78. The first-order valence-corrected chi connectivity index (χ1v) is 5.58. The van der Waals surface area contributed by atoms with Crippen LogP contribution < -0.4 is 0 Å². The highest BCUT2D eigenvalue weighted by Gasteiger charge is 2.48. The fourth-order valence-corrected chi connectivity index (χ4v) is 1.49. The Bertz CT molecular complexity index is 460. The van der Waals surface area contributed by atoms with Crippen molar-refractivity contribution in [2.45, 2.75) is 19.3 Å². The lowest BCUT2D eigenvalue weighted by Crippen LogP contribution is -2.40. The summed E-state index contributed by atoms with van der Waals surface area (Å²) in [4.78, 5) is 22.3. The van der Waals surface area contributed by atoms with Gasteiger partial charge in [-0.3, -0.25) is 4.79 Å². The van der Waals surface area contributed by atoms with Crippen LogP contribution in [0.4, 0.5) is 8.78 Å². The van der Waals surface area contributed by atoms with E-state index in [-0.39, 0.29) is 6.61 Å². The number of carbonyl (C=O) groups excluding carboxylic acids is 2. The molecule has 0 saturated heterocycles. The maximum absolute atomic E-state index is 13.3. The smallest absolute Gasteiger partial charge is 0.400 e. The van der Waals surface area contributed by atoms with Crippen molar-refractivity contribution in [2.75, 3.05) is 6.61 Å². The summed E-state index contributed by atoms with van der Waals surface area (Å²) in [7, 11) is 0. The van der Waals surface area contributed by atoms with Crippen LogP contribution in [0.1, 0.15) is 12.5 Å². The van der Waals surface area contributed by atoms with Gasteiger partial charge in [-0.2, -0.15) is 8.78 Å². The fourth-order valence-electron chi connectivity index (χ4n) is 1.28. The molecule has 1 rings (SSSR count). The van der Waals surface area contributed by atoms with Gasteiger partial charge in [-0.15, -0.1) is 0 Å². The summed E-state index contributed by atoms with van der Waals surface area (Å²) < 4.78 is 30.8. The molecule has 0 aromatic heterocycles. The molecule has 0 saturated carbocycles. The molecule has 0 atom stereocenters. The van der Waals surface area contributed by atoms with Gasteiger partial charge in [0.05, 0.1) is 6.61 Å². The van der Waals surface area contributed by atoms with E-state index < -0.39 is 24.1 Å². The summed E-state index contributed by atoms with van der Waals surface area (Å²) in [6.45, 7) is 1.17. The summed E-state index contributed by atoms with van der Waals surface area (Å²) in [6.07, 6.45) is -0.577. The monoisotopic (exact) mass is 276 g/mol. The highest BCUT2D eigenvalue weighted by molar-refractivity contribution is 6.30. The van der Waals surface area contributed by atoms with Crippen molar-refractivity contribution in [3.63, 3.8) is 0 Å². The zero-order valence-corrected chi connectivity index (χ0v) is 10.3. The largest absolute Gasteiger partial charge is 0.461 e. The van der Waals surface area contributed by atoms with Gasteiger partial charge in [-0.05, 0) is 24.6 Å². The van der Waals surface area contributed by atoms with Gasteiger partial charge in [0, 0.05) is 11.4 Å². The Morgan fingerprint density at radius 3 is 2.61 bits per heavy atom. The first kappa shape index (κ1) is 14.6. The molecule has 0 aliphatic rings. The lowest BCUT2D eigenvalue weighted by atomic mass is 10.0. The lowest BCUT2D eigenvalue weighted by Gasteiger charge is -2.13. The van der Waals surface area contributed by atoms with Gasteiger partial charge in [0.15, 0.2) is 0 Å². The van der Waals surface area contributed by atoms with Crippen molar-refractivity contribution in [2.24, 2.45) is 0 Å². The van der Waals surface area contributed by atoms with Gasteiger partial charge in [-0.1, -0.05) is 23.7 Å². The molecule has 0 heterocycles. The van der Waals surface area contributed by atoms with Gasteiger partial charge in [0.25, 0.3) is 0 Å². The van der Waals surface area contributed by atoms with Crippen LogP contribution in [0.25, 0.3) is 0 Å². The number of esters is 1. The first-order valence-electron chi connectivity index (χ1n) is 5.20. The minimum Gasteiger partial charge on any atom is -0.461 e. The maximum Gasteiger partial charge on any atom is 0.400 e. The lowest BCUT2D eigenvalue weighted by molar-refractivity contribution is -0.176. The highest BCUT2D eigenvalue weighted by Crippen LogP contribution is 2.20. The summed E-state index contributed by atoms with van der Waals surface area (Å²) in [5.74, 6) is -7.46. The van der Waals surface area contributed by atoms with Crippen molar-refractivity contribution in [1.29, 1.82) is 0 Å². The second kappa shape index (κ2) is 5.91. The van der Waals surface area contributed by atoms with Crippen molar-refractivity contribution < 1.29 is 23.1 Å². The van der Waals surface area contributed by atoms with Gasteiger partial charge >= 0.3 is 11.9 Å². The van der Waals surface area contributed by atoms with E-state index in [0.717, 1.165) is 0 Å². The number of Topliss-reactive ketones (excluding diaryl/α,β-unsaturated/α-hetero) is 1. The number of benzene rings is 1. The second-order valence-electron chi connectivity index (χ2n) is 3.52. The third kappa shape index (κ3) is 3.50. The molecule has 0 fully saturated rings. The molecule has 0 aliphatic carbocycles. The number of ketones is 1. The number of hydrogen-bond donors (Lipinski definition) is 0. The maximum atomic E-state index is 13.3. The molecule has 98 valence electrons. The van der Waals surface area contributed by atoms with Crippen LogP contribution in [0.2, 0.25) is 5.02 Å². The standard InChI is InChI=1S/C12H11ClF2O3/c1-2-18-11(17)12(14,15)10(16)7-8-4-3-5-9(13)6-8/h3-6H,2,7H2,1H3. The average molecular weight is 277 g/mol. The molecule has 1 aromatic carbocycles. The minimum absolute atomic E-state index is 0.209. The summed E-state index contributed by atoms with van der Waals surface area (Å²) in [6, 6.07) is 5.96. The summed E-state index contributed by atoms with van der Waals surface area (Å²) >= 11 is 5.66.